The van der Waals surface area contributed by atoms with Gasteiger partial charge < -0.3 is 19.9 Å². The second kappa shape index (κ2) is 7.39. The van der Waals surface area contributed by atoms with Gasteiger partial charge in [0, 0.05) is 32.2 Å². The number of halogens is 1. The molecule has 0 bridgehead atoms. The van der Waals surface area contributed by atoms with Crippen LogP contribution in [-0.2, 0) is 14.3 Å². The minimum Gasteiger partial charge on any atom is -0.369 e. The van der Waals surface area contributed by atoms with Gasteiger partial charge in [0.15, 0.2) is 0 Å². The molecule has 1 N–H and O–H groups in total. The molecule has 2 aliphatic heterocycles. The largest absolute Gasteiger partial charge is 0.369 e. The predicted octanol–water partition coefficient (Wildman–Crippen LogP) is 1.16. The summed E-state index contributed by atoms with van der Waals surface area (Å²) in [6.07, 6.45) is 1.78. The standard InChI is InChI=1S/C18H24FN3O3/c1-14(23)20-11-17(24)22-8-9-25-18(13-22)6-3-7-21(12-18)16-5-2-4-15(19)10-16/h2,4-5,10H,3,6-9,11-13H2,1H3,(H,20,23). The average Bonchev–Trinajstić information content (AvgIpc) is 2.60. The van der Waals surface area contributed by atoms with Crippen LogP contribution in [0.25, 0.3) is 0 Å². The van der Waals surface area contributed by atoms with Crippen molar-refractivity contribution in [2.24, 2.45) is 0 Å². The molecule has 0 radical (unpaired) electrons. The lowest BCUT2D eigenvalue weighted by Crippen LogP contribution is -2.61. The topological polar surface area (TPSA) is 61.9 Å². The van der Waals surface area contributed by atoms with Gasteiger partial charge in [-0.1, -0.05) is 6.07 Å². The molecule has 25 heavy (non-hydrogen) atoms. The quantitative estimate of drug-likeness (QED) is 0.890. The highest BCUT2D eigenvalue weighted by atomic mass is 19.1. The van der Waals surface area contributed by atoms with Crippen LogP contribution < -0.4 is 10.2 Å². The fourth-order valence-corrected chi connectivity index (χ4v) is 3.61. The maximum absolute atomic E-state index is 13.5. The highest BCUT2D eigenvalue weighted by molar-refractivity contribution is 5.83. The fraction of sp³-hybridized carbons (Fsp3) is 0.556. The number of benzene rings is 1. The van der Waals surface area contributed by atoms with Gasteiger partial charge in [0.25, 0.3) is 0 Å². The normalized spacial score (nSPS) is 23.6. The average molecular weight is 349 g/mol. The fourth-order valence-electron chi connectivity index (χ4n) is 3.61. The van der Waals surface area contributed by atoms with Gasteiger partial charge in [0.05, 0.1) is 19.7 Å². The van der Waals surface area contributed by atoms with Crippen molar-refractivity contribution in [1.82, 2.24) is 10.2 Å². The van der Waals surface area contributed by atoms with Gasteiger partial charge in [-0.15, -0.1) is 0 Å². The number of piperidine rings is 1. The number of nitrogens with one attached hydrogen (secondary N) is 1. The summed E-state index contributed by atoms with van der Waals surface area (Å²) < 4.78 is 19.6. The van der Waals surface area contributed by atoms with Gasteiger partial charge in [-0.25, -0.2) is 4.39 Å². The molecular weight excluding hydrogens is 325 g/mol. The molecule has 0 aromatic heterocycles. The maximum atomic E-state index is 13.5. The zero-order valence-corrected chi connectivity index (χ0v) is 14.5. The number of nitrogens with zero attached hydrogens (tertiary/aromatic N) is 2. The van der Waals surface area contributed by atoms with E-state index in [1.807, 2.05) is 6.07 Å². The van der Waals surface area contributed by atoms with Crippen LogP contribution >= 0.6 is 0 Å². The van der Waals surface area contributed by atoms with Crippen molar-refractivity contribution >= 4 is 17.5 Å². The minimum absolute atomic E-state index is 0.0129. The molecule has 2 aliphatic rings. The van der Waals surface area contributed by atoms with Crippen molar-refractivity contribution in [3.05, 3.63) is 30.1 Å². The Labute approximate surface area is 146 Å². The zero-order valence-electron chi connectivity index (χ0n) is 14.5. The number of hydrogen-bond donors (Lipinski definition) is 1. The smallest absolute Gasteiger partial charge is 0.242 e. The van der Waals surface area contributed by atoms with E-state index in [0.29, 0.717) is 26.2 Å². The highest BCUT2D eigenvalue weighted by Crippen LogP contribution is 2.31. The summed E-state index contributed by atoms with van der Waals surface area (Å²) in [6.45, 7) is 4.38. The molecule has 2 saturated heterocycles. The molecule has 6 nitrogen and oxygen atoms in total. The van der Waals surface area contributed by atoms with Crippen LogP contribution in [0.4, 0.5) is 10.1 Å². The van der Waals surface area contributed by atoms with E-state index in [0.717, 1.165) is 25.1 Å². The second-order valence-electron chi connectivity index (χ2n) is 6.76. The van der Waals surface area contributed by atoms with Gasteiger partial charge in [0.2, 0.25) is 11.8 Å². The molecule has 2 amide bonds. The highest BCUT2D eigenvalue weighted by Gasteiger charge is 2.41. The molecule has 1 atom stereocenters. The minimum atomic E-state index is -0.436. The Balaban J connectivity index is 1.68. The van der Waals surface area contributed by atoms with Gasteiger partial charge in [-0.05, 0) is 31.0 Å². The van der Waals surface area contributed by atoms with Crippen LogP contribution in [0.15, 0.2) is 24.3 Å². The number of carbonyl (C=O) groups is 2. The summed E-state index contributed by atoms with van der Waals surface area (Å²) in [7, 11) is 0. The van der Waals surface area contributed by atoms with Crippen LogP contribution in [-0.4, -0.2) is 61.6 Å². The van der Waals surface area contributed by atoms with Crippen molar-refractivity contribution < 1.29 is 18.7 Å². The molecule has 0 aliphatic carbocycles. The van der Waals surface area contributed by atoms with Crippen molar-refractivity contribution in [2.75, 3.05) is 44.2 Å². The van der Waals surface area contributed by atoms with E-state index in [-0.39, 0.29) is 24.2 Å². The number of hydrogen-bond acceptors (Lipinski definition) is 4. The molecular formula is C18H24FN3O3. The first-order valence-electron chi connectivity index (χ1n) is 8.64. The van der Waals surface area contributed by atoms with Crippen molar-refractivity contribution in [3.8, 4) is 0 Å². The summed E-state index contributed by atoms with van der Waals surface area (Å²) >= 11 is 0. The van der Waals surface area contributed by atoms with E-state index in [2.05, 4.69) is 10.2 Å². The number of carbonyl (C=O) groups excluding carboxylic acids is 2. The van der Waals surface area contributed by atoms with Crippen molar-refractivity contribution in [2.45, 2.75) is 25.4 Å². The van der Waals surface area contributed by atoms with E-state index < -0.39 is 5.60 Å². The molecule has 1 aromatic rings. The van der Waals surface area contributed by atoms with Crippen LogP contribution in [0.1, 0.15) is 19.8 Å². The van der Waals surface area contributed by atoms with Gasteiger partial charge in [0.1, 0.15) is 11.4 Å². The summed E-state index contributed by atoms with van der Waals surface area (Å²) in [5.74, 6) is -0.569. The molecule has 1 aromatic carbocycles. The number of rotatable bonds is 3. The van der Waals surface area contributed by atoms with Crippen LogP contribution in [0, 0.1) is 5.82 Å². The van der Waals surface area contributed by atoms with Gasteiger partial charge in [-0.3, -0.25) is 9.59 Å². The van der Waals surface area contributed by atoms with Crippen molar-refractivity contribution in [3.63, 3.8) is 0 Å². The Morgan fingerprint density at radius 3 is 2.92 bits per heavy atom. The monoisotopic (exact) mass is 349 g/mol. The molecule has 0 saturated carbocycles. The molecule has 7 heteroatoms. The third-order valence-corrected chi connectivity index (χ3v) is 4.80. The molecule has 1 spiro atoms. The Kier molecular flexibility index (Phi) is 5.22. The van der Waals surface area contributed by atoms with Gasteiger partial charge >= 0.3 is 0 Å². The summed E-state index contributed by atoms with van der Waals surface area (Å²) in [5.41, 5.74) is 0.402. The SMILES string of the molecule is CC(=O)NCC(=O)N1CCOC2(CCCN(c3cccc(F)c3)C2)C1. The number of ether oxygens (including phenoxy) is 1. The van der Waals surface area contributed by atoms with Crippen LogP contribution in [0.3, 0.4) is 0 Å². The second-order valence-corrected chi connectivity index (χ2v) is 6.76. The first-order valence-corrected chi connectivity index (χ1v) is 8.64. The van der Waals surface area contributed by atoms with Crippen LogP contribution in [0.2, 0.25) is 0 Å². The lowest BCUT2D eigenvalue weighted by molar-refractivity contribution is -0.151. The molecule has 1 unspecified atom stereocenters. The lowest BCUT2D eigenvalue weighted by atomic mass is 9.90. The lowest BCUT2D eigenvalue weighted by Gasteiger charge is -2.48. The number of anilines is 1. The summed E-state index contributed by atoms with van der Waals surface area (Å²) in [4.78, 5) is 27.2. The third kappa shape index (κ3) is 4.28. The molecule has 2 fully saturated rings. The number of morpholine rings is 1. The van der Waals surface area contributed by atoms with Crippen LogP contribution in [0.5, 0.6) is 0 Å². The van der Waals surface area contributed by atoms with E-state index >= 15 is 0 Å². The van der Waals surface area contributed by atoms with E-state index in [9.17, 15) is 14.0 Å². The number of amides is 2. The van der Waals surface area contributed by atoms with Crippen molar-refractivity contribution in [1.29, 1.82) is 0 Å². The Bertz CT molecular complexity index is 650. The predicted molar refractivity (Wildman–Crippen MR) is 91.8 cm³/mol. The van der Waals surface area contributed by atoms with E-state index in [1.165, 1.54) is 19.1 Å². The molecule has 136 valence electrons. The first-order chi connectivity index (χ1) is 12.0. The summed E-state index contributed by atoms with van der Waals surface area (Å²) in [6, 6.07) is 6.56. The molecule has 2 heterocycles. The van der Waals surface area contributed by atoms with E-state index in [4.69, 9.17) is 4.74 Å². The summed E-state index contributed by atoms with van der Waals surface area (Å²) in [5, 5.41) is 2.55. The Hall–Kier alpha value is -2.15. The Morgan fingerprint density at radius 2 is 2.16 bits per heavy atom. The Morgan fingerprint density at radius 1 is 1.32 bits per heavy atom. The van der Waals surface area contributed by atoms with Gasteiger partial charge in [-0.2, -0.15) is 0 Å². The zero-order chi connectivity index (χ0) is 17.9. The maximum Gasteiger partial charge on any atom is 0.242 e. The van der Waals surface area contributed by atoms with E-state index in [1.54, 1.807) is 11.0 Å². The first kappa shape index (κ1) is 17.7. The molecule has 3 rings (SSSR count). The third-order valence-electron chi connectivity index (χ3n) is 4.80.